The van der Waals surface area contributed by atoms with E-state index in [1.165, 1.54) is 0 Å². The van der Waals surface area contributed by atoms with Crippen molar-refractivity contribution in [3.05, 3.63) is 154 Å². The number of hydrogen-bond donors (Lipinski definition) is 0. The van der Waals surface area contributed by atoms with Gasteiger partial charge in [-0.3, -0.25) is 9.59 Å². The Balaban J connectivity index is 1.19. The monoisotopic (exact) mass is 542 g/mol. The average molecular weight is 543 g/mol. The standard InChI is InChI=1S/C38H22O4/c39-37-29-11-1-4-14-34(29)42-36-22-28(15-17-31(36)37)26-10-6-8-24(20-26)23-7-5-9-25(19-23)27-16-18-35-32(21-27)38(40)30-12-2-3-13-33(30)41-35/h1-22H. The van der Waals surface area contributed by atoms with Crippen LogP contribution in [0.5, 0.6) is 0 Å². The molecule has 2 aromatic heterocycles. The molecule has 42 heavy (non-hydrogen) atoms. The highest BCUT2D eigenvalue weighted by Crippen LogP contribution is 2.32. The van der Waals surface area contributed by atoms with Crippen LogP contribution >= 0.6 is 0 Å². The summed E-state index contributed by atoms with van der Waals surface area (Å²) in [7, 11) is 0. The van der Waals surface area contributed by atoms with Crippen LogP contribution in [0.4, 0.5) is 0 Å². The highest BCUT2D eigenvalue weighted by atomic mass is 16.3. The van der Waals surface area contributed by atoms with Gasteiger partial charge >= 0.3 is 0 Å². The summed E-state index contributed by atoms with van der Waals surface area (Å²) in [4.78, 5) is 26.2. The quantitative estimate of drug-likeness (QED) is 0.209. The molecule has 4 nitrogen and oxygen atoms in total. The summed E-state index contributed by atoms with van der Waals surface area (Å²) in [6, 6.07) is 42.8. The zero-order valence-corrected chi connectivity index (χ0v) is 22.3. The molecule has 0 N–H and O–H groups in total. The Morgan fingerprint density at radius 3 is 1.36 bits per heavy atom. The zero-order valence-electron chi connectivity index (χ0n) is 22.3. The predicted molar refractivity (Wildman–Crippen MR) is 170 cm³/mol. The molecule has 198 valence electrons. The van der Waals surface area contributed by atoms with Crippen LogP contribution in [0.2, 0.25) is 0 Å². The molecule has 0 aliphatic rings. The number of fused-ring (bicyclic) bond motifs is 4. The second kappa shape index (κ2) is 9.43. The van der Waals surface area contributed by atoms with E-state index in [0.717, 1.165) is 33.4 Å². The number of para-hydroxylation sites is 2. The van der Waals surface area contributed by atoms with Crippen molar-refractivity contribution >= 4 is 43.9 Å². The van der Waals surface area contributed by atoms with E-state index >= 15 is 0 Å². The molecular weight excluding hydrogens is 520 g/mol. The smallest absolute Gasteiger partial charge is 0.200 e. The third kappa shape index (κ3) is 3.93. The second-order valence-electron chi connectivity index (χ2n) is 10.4. The van der Waals surface area contributed by atoms with Crippen molar-refractivity contribution in [2.24, 2.45) is 0 Å². The van der Waals surface area contributed by atoms with Crippen LogP contribution < -0.4 is 10.9 Å². The Kier molecular flexibility index (Phi) is 5.41. The fourth-order valence-electron chi connectivity index (χ4n) is 5.72. The molecule has 0 aliphatic heterocycles. The van der Waals surface area contributed by atoms with Crippen molar-refractivity contribution in [3.63, 3.8) is 0 Å². The largest absolute Gasteiger partial charge is 0.456 e. The average Bonchev–Trinajstić information content (AvgIpc) is 3.05. The van der Waals surface area contributed by atoms with E-state index in [-0.39, 0.29) is 10.9 Å². The van der Waals surface area contributed by atoms with E-state index in [0.29, 0.717) is 43.9 Å². The predicted octanol–water partition coefficient (Wildman–Crippen LogP) is 9.21. The summed E-state index contributed by atoms with van der Waals surface area (Å²) in [5, 5.41) is 2.29. The summed E-state index contributed by atoms with van der Waals surface area (Å²) >= 11 is 0. The Labute approximate surface area is 239 Å². The molecule has 0 amide bonds. The van der Waals surface area contributed by atoms with Crippen molar-refractivity contribution in [2.45, 2.75) is 0 Å². The summed E-state index contributed by atoms with van der Waals surface area (Å²) in [6.07, 6.45) is 0. The molecule has 0 aliphatic carbocycles. The Hall–Kier alpha value is -5.74. The first-order valence-electron chi connectivity index (χ1n) is 13.7. The Bertz CT molecular complexity index is 2460. The van der Waals surface area contributed by atoms with Gasteiger partial charge in [0.05, 0.1) is 21.5 Å². The van der Waals surface area contributed by atoms with Crippen molar-refractivity contribution in [1.82, 2.24) is 0 Å². The normalized spacial score (nSPS) is 11.5. The van der Waals surface area contributed by atoms with E-state index < -0.39 is 0 Å². The number of rotatable bonds is 3. The van der Waals surface area contributed by atoms with Gasteiger partial charge in [0.2, 0.25) is 10.9 Å². The molecule has 8 aromatic rings. The van der Waals surface area contributed by atoms with Gasteiger partial charge in [-0.05, 0) is 94.0 Å². The maximum atomic E-state index is 13.2. The van der Waals surface area contributed by atoms with Crippen molar-refractivity contribution in [1.29, 1.82) is 0 Å². The van der Waals surface area contributed by atoms with Gasteiger partial charge in [-0.1, -0.05) is 72.8 Å². The highest BCUT2D eigenvalue weighted by molar-refractivity contribution is 5.93. The maximum absolute atomic E-state index is 13.2. The molecule has 0 fully saturated rings. The highest BCUT2D eigenvalue weighted by Gasteiger charge is 2.12. The first kappa shape index (κ1) is 24.1. The molecule has 0 spiro atoms. The third-order valence-corrected chi connectivity index (χ3v) is 7.88. The zero-order chi connectivity index (χ0) is 28.2. The molecule has 2 heterocycles. The van der Waals surface area contributed by atoms with Crippen molar-refractivity contribution in [3.8, 4) is 33.4 Å². The molecule has 0 radical (unpaired) electrons. The van der Waals surface area contributed by atoms with Gasteiger partial charge in [0.25, 0.3) is 0 Å². The topological polar surface area (TPSA) is 60.4 Å². The van der Waals surface area contributed by atoms with E-state index in [2.05, 4.69) is 30.3 Å². The van der Waals surface area contributed by atoms with Gasteiger partial charge < -0.3 is 8.83 Å². The Morgan fingerprint density at radius 2 is 0.738 bits per heavy atom. The maximum Gasteiger partial charge on any atom is 0.200 e. The minimum absolute atomic E-state index is 0.0244. The lowest BCUT2D eigenvalue weighted by atomic mass is 9.95. The molecule has 0 saturated heterocycles. The minimum Gasteiger partial charge on any atom is -0.456 e. The van der Waals surface area contributed by atoms with Gasteiger partial charge in [-0.2, -0.15) is 0 Å². The lowest BCUT2D eigenvalue weighted by molar-refractivity contribution is 0.659. The lowest BCUT2D eigenvalue weighted by Crippen LogP contribution is -2.01. The third-order valence-electron chi connectivity index (χ3n) is 7.88. The molecule has 0 saturated carbocycles. The van der Waals surface area contributed by atoms with Crippen LogP contribution in [-0.2, 0) is 0 Å². The van der Waals surface area contributed by atoms with Crippen LogP contribution in [0, 0.1) is 0 Å². The van der Waals surface area contributed by atoms with Crippen molar-refractivity contribution in [2.75, 3.05) is 0 Å². The fraction of sp³-hybridized carbons (Fsp3) is 0. The summed E-state index contributed by atoms with van der Waals surface area (Å²) < 4.78 is 12.1. The van der Waals surface area contributed by atoms with Crippen LogP contribution in [0.3, 0.4) is 0 Å². The Morgan fingerprint density at radius 1 is 0.310 bits per heavy atom. The van der Waals surface area contributed by atoms with Crippen LogP contribution in [0.1, 0.15) is 0 Å². The molecule has 0 unspecified atom stereocenters. The van der Waals surface area contributed by atoms with Gasteiger partial charge in [0.1, 0.15) is 22.3 Å². The fourth-order valence-corrected chi connectivity index (χ4v) is 5.72. The number of benzene rings is 6. The number of hydrogen-bond acceptors (Lipinski definition) is 4. The van der Waals surface area contributed by atoms with Gasteiger partial charge in [-0.15, -0.1) is 0 Å². The van der Waals surface area contributed by atoms with Crippen LogP contribution in [0.25, 0.3) is 77.3 Å². The summed E-state index contributed by atoms with van der Waals surface area (Å²) in [6.45, 7) is 0. The molecule has 6 aromatic carbocycles. The van der Waals surface area contributed by atoms with E-state index in [4.69, 9.17) is 8.83 Å². The van der Waals surface area contributed by atoms with E-state index in [1.54, 1.807) is 12.1 Å². The molecule has 4 heteroatoms. The van der Waals surface area contributed by atoms with Gasteiger partial charge in [0, 0.05) is 0 Å². The van der Waals surface area contributed by atoms with Crippen LogP contribution in [0.15, 0.2) is 152 Å². The molecule has 8 rings (SSSR count). The SMILES string of the molecule is O=c1c2ccccc2oc2cc(-c3cccc(-c4cccc(-c5ccc6oc7ccccc7c(=O)c6c5)c4)c3)ccc12. The van der Waals surface area contributed by atoms with Crippen LogP contribution in [-0.4, -0.2) is 0 Å². The first-order chi connectivity index (χ1) is 20.6. The molecular formula is C38H22O4. The molecule has 0 bridgehead atoms. The minimum atomic E-state index is -0.0308. The summed E-state index contributed by atoms with van der Waals surface area (Å²) in [5.74, 6) is 0. The van der Waals surface area contributed by atoms with Gasteiger partial charge in [-0.25, -0.2) is 0 Å². The second-order valence-corrected chi connectivity index (χ2v) is 10.4. The lowest BCUT2D eigenvalue weighted by Gasteiger charge is -2.10. The van der Waals surface area contributed by atoms with E-state index in [9.17, 15) is 9.59 Å². The van der Waals surface area contributed by atoms with Crippen molar-refractivity contribution < 1.29 is 8.83 Å². The summed E-state index contributed by atoms with van der Waals surface area (Å²) in [5.41, 5.74) is 8.30. The molecule has 0 atom stereocenters. The van der Waals surface area contributed by atoms with Gasteiger partial charge in [0.15, 0.2) is 0 Å². The first-order valence-corrected chi connectivity index (χ1v) is 13.7. The van der Waals surface area contributed by atoms with E-state index in [1.807, 2.05) is 91.0 Å².